The highest BCUT2D eigenvalue weighted by Gasteiger charge is 2.39. The van der Waals surface area contributed by atoms with E-state index in [0.29, 0.717) is 6.54 Å². The lowest BCUT2D eigenvalue weighted by Crippen LogP contribution is -2.45. The number of nitrogens with two attached hydrogens (primary N) is 1. The van der Waals surface area contributed by atoms with E-state index >= 15 is 0 Å². The number of ether oxygens (including phenoxy) is 2. The molecule has 4 rings (SSSR count). The van der Waals surface area contributed by atoms with Crippen molar-refractivity contribution in [2.24, 2.45) is 11.7 Å². The van der Waals surface area contributed by atoms with Crippen LogP contribution < -0.4 is 5.73 Å². The van der Waals surface area contributed by atoms with Gasteiger partial charge in [-0.2, -0.15) is 0 Å². The fraction of sp³-hybridized carbons (Fsp3) is 0.520. The van der Waals surface area contributed by atoms with Crippen LogP contribution in [0.15, 0.2) is 48.5 Å². The Kier molecular flexibility index (Phi) is 7.18. The van der Waals surface area contributed by atoms with Crippen LogP contribution in [-0.2, 0) is 22.6 Å². The van der Waals surface area contributed by atoms with E-state index in [2.05, 4.69) is 36.1 Å². The summed E-state index contributed by atoms with van der Waals surface area (Å²) in [4.78, 5) is 2.54. The molecule has 0 aromatic heterocycles. The van der Waals surface area contributed by atoms with Crippen LogP contribution in [0.4, 0.5) is 0 Å². The van der Waals surface area contributed by atoms with Crippen LogP contribution in [0.2, 0.25) is 0 Å². The first-order valence-corrected chi connectivity index (χ1v) is 11.2. The van der Waals surface area contributed by atoms with Gasteiger partial charge in [0.05, 0.1) is 18.8 Å². The monoisotopic (exact) mass is 410 g/mol. The molecule has 5 nitrogen and oxygen atoms in total. The van der Waals surface area contributed by atoms with Gasteiger partial charge in [-0.05, 0) is 42.6 Å². The van der Waals surface area contributed by atoms with Crippen molar-refractivity contribution in [2.75, 3.05) is 19.6 Å². The molecule has 0 aliphatic carbocycles. The van der Waals surface area contributed by atoms with E-state index in [1.54, 1.807) is 0 Å². The summed E-state index contributed by atoms with van der Waals surface area (Å²) in [6, 6.07) is 16.3. The van der Waals surface area contributed by atoms with Gasteiger partial charge in [0.2, 0.25) is 0 Å². The molecule has 0 radical (unpaired) electrons. The molecule has 4 unspecified atom stereocenters. The normalized spacial score (nSPS) is 27.8. The Balaban J connectivity index is 1.58. The fourth-order valence-corrected chi connectivity index (χ4v) is 4.54. The molecular formula is C25H34N2O3. The second-order valence-electron chi connectivity index (χ2n) is 8.63. The first kappa shape index (κ1) is 21.5. The first-order valence-electron chi connectivity index (χ1n) is 11.2. The smallest absolute Gasteiger partial charge is 0.184 e. The molecule has 0 spiro atoms. The maximum absolute atomic E-state index is 9.38. The Morgan fingerprint density at radius 2 is 1.53 bits per heavy atom. The summed E-state index contributed by atoms with van der Waals surface area (Å²) in [5.74, 6) is 0.228. The molecule has 0 saturated carbocycles. The fourth-order valence-electron chi connectivity index (χ4n) is 4.54. The lowest BCUT2D eigenvalue weighted by atomic mass is 9.89. The average Bonchev–Trinajstić information content (AvgIpc) is 2.81. The summed E-state index contributed by atoms with van der Waals surface area (Å²) >= 11 is 0. The van der Waals surface area contributed by atoms with Crippen molar-refractivity contribution in [1.29, 1.82) is 0 Å². The van der Waals surface area contributed by atoms with Crippen molar-refractivity contribution in [3.8, 4) is 0 Å². The van der Waals surface area contributed by atoms with Gasteiger partial charge in [-0.25, -0.2) is 0 Å². The van der Waals surface area contributed by atoms with Gasteiger partial charge in [0.15, 0.2) is 6.29 Å². The molecule has 2 fully saturated rings. The number of benzene rings is 2. The Morgan fingerprint density at radius 3 is 2.17 bits per heavy atom. The van der Waals surface area contributed by atoms with Crippen molar-refractivity contribution in [3.05, 3.63) is 70.8 Å². The van der Waals surface area contributed by atoms with Crippen molar-refractivity contribution >= 4 is 0 Å². The highest BCUT2D eigenvalue weighted by atomic mass is 16.7. The minimum Gasteiger partial charge on any atom is -0.392 e. The highest BCUT2D eigenvalue weighted by Crippen LogP contribution is 2.42. The van der Waals surface area contributed by atoms with Crippen LogP contribution in [0.1, 0.15) is 60.8 Å². The molecule has 2 aliphatic rings. The highest BCUT2D eigenvalue weighted by molar-refractivity contribution is 5.27. The average molecular weight is 411 g/mol. The van der Waals surface area contributed by atoms with Gasteiger partial charge in [-0.3, -0.25) is 0 Å². The van der Waals surface area contributed by atoms with Gasteiger partial charge in [0, 0.05) is 24.6 Å². The second kappa shape index (κ2) is 10.0. The third-order valence-corrected chi connectivity index (χ3v) is 6.50. The van der Waals surface area contributed by atoms with Crippen LogP contribution in [0.25, 0.3) is 0 Å². The SMILES string of the molecule is CC1C(CN2CCCCC2)OC(c2ccc(CN)cc2)OC1c1ccc(CO)cc1. The van der Waals surface area contributed by atoms with E-state index in [0.717, 1.165) is 41.9 Å². The number of piperidine rings is 1. The van der Waals surface area contributed by atoms with E-state index < -0.39 is 6.29 Å². The largest absolute Gasteiger partial charge is 0.392 e. The minimum atomic E-state index is -0.398. The number of likely N-dealkylation sites (tertiary alicyclic amines) is 1. The maximum atomic E-state index is 9.38. The molecular weight excluding hydrogens is 376 g/mol. The summed E-state index contributed by atoms with van der Waals surface area (Å²) in [6.45, 7) is 6.05. The van der Waals surface area contributed by atoms with E-state index in [9.17, 15) is 5.11 Å². The van der Waals surface area contributed by atoms with Crippen LogP contribution in [-0.4, -0.2) is 35.7 Å². The summed E-state index contributed by atoms with van der Waals surface area (Å²) in [5, 5.41) is 9.38. The van der Waals surface area contributed by atoms with Gasteiger partial charge in [0.25, 0.3) is 0 Å². The lowest BCUT2D eigenvalue weighted by Gasteiger charge is -2.43. The molecule has 3 N–H and O–H groups in total. The molecule has 4 atom stereocenters. The summed E-state index contributed by atoms with van der Waals surface area (Å²) in [7, 11) is 0. The molecule has 30 heavy (non-hydrogen) atoms. The zero-order chi connectivity index (χ0) is 20.9. The number of nitrogens with zero attached hydrogens (tertiary/aromatic N) is 1. The predicted molar refractivity (Wildman–Crippen MR) is 118 cm³/mol. The van der Waals surface area contributed by atoms with Crippen molar-refractivity contribution < 1.29 is 14.6 Å². The minimum absolute atomic E-state index is 0.0537. The number of rotatable bonds is 6. The van der Waals surface area contributed by atoms with Crippen molar-refractivity contribution in [2.45, 2.75) is 57.8 Å². The standard InChI is InChI=1S/C25H34N2O3/c1-18-23(16-27-13-3-2-4-14-27)29-25(22-11-5-19(15-26)6-12-22)30-24(18)21-9-7-20(17-28)8-10-21/h5-12,18,23-25,28H,2-4,13-17,26H2,1H3. The summed E-state index contributed by atoms with van der Waals surface area (Å²) in [6.07, 6.45) is 3.52. The lowest BCUT2D eigenvalue weighted by molar-refractivity contribution is -0.276. The topological polar surface area (TPSA) is 68.0 Å². The molecule has 162 valence electrons. The van der Waals surface area contributed by atoms with Crippen LogP contribution >= 0.6 is 0 Å². The van der Waals surface area contributed by atoms with Crippen LogP contribution in [0.3, 0.4) is 0 Å². The van der Waals surface area contributed by atoms with Crippen LogP contribution in [0.5, 0.6) is 0 Å². The van der Waals surface area contributed by atoms with E-state index in [1.165, 1.54) is 19.3 Å². The third-order valence-electron chi connectivity index (χ3n) is 6.50. The zero-order valence-electron chi connectivity index (χ0n) is 17.9. The predicted octanol–water partition coefficient (Wildman–Crippen LogP) is 3.91. The Morgan fingerprint density at radius 1 is 0.900 bits per heavy atom. The Bertz CT molecular complexity index is 787. The molecule has 0 bridgehead atoms. The van der Waals surface area contributed by atoms with E-state index in [-0.39, 0.29) is 24.7 Å². The number of aliphatic hydroxyl groups excluding tert-OH is 1. The Labute approximate surface area is 179 Å². The van der Waals surface area contributed by atoms with E-state index in [4.69, 9.17) is 15.2 Å². The van der Waals surface area contributed by atoms with Gasteiger partial charge < -0.3 is 25.2 Å². The quantitative estimate of drug-likeness (QED) is 0.756. The number of hydrogen-bond acceptors (Lipinski definition) is 5. The van der Waals surface area contributed by atoms with Crippen molar-refractivity contribution in [3.63, 3.8) is 0 Å². The molecule has 2 saturated heterocycles. The van der Waals surface area contributed by atoms with E-state index in [1.807, 2.05) is 24.3 Å². The van der Waals surface area contributed by atoms with Gasteiger partial charge >= 0.3 is 0 Å². The summed E-state index contributed by atoms with van der Waals surface area (Å²) < 4.78 is 13.0. The molecule has 2 aromatic carbocycles. The molecule has 2 aromatic rings. The first-order chi connectivity index (χ1) is 14.7. The molecule has 5 heteroatoms. The molecule has 0 amide bonds. The number of hydrogen-bond donors (Lipinski definition) is 2. The maximum Gasteiger partial charge on any atom is 0.184 e. The Hall–Kier alpha value is -1.76. The zero-order valence-corrected chi connectivity index (χ0v) is 17.9. The van der Waals surface area contributed by atoms with Gasteiger partial charge in [0.1, 0.15) is 0 Å². The van der Waals surface area contributed by atoms with Crippen molar-refractivity contribution in [1.82, 2.24) is 4.90 Å². The van der Waals surface area contributed by atoms with Crippen LogP contribution in [0, 0.1) is 5.92 Å². The van der Waals surface area contributed by atoms with Gasteiger partial charge in [-0.15, -0.1) is 0 Å². The number of aliphatic hydroxyl groups is 1. The second-order valence-corrected chi connectivity index (χ2v) is 8.63. The van der Waals surface area contributed by atoms with Gasteiger partial charge in [-0.1, -0.05) is 61.9 Å². The summed E-state index contributed by atoms with van der Waals surface area (Å²) in [5.41, 5.74) is 9.94. The molecule has 2 heterocycles. The third kappa shape index (κ3) is 4.93. The molecule has 2 aliphatic heterocycles.